The summed E-state index contributed by atoms with van der Waals surface area (Å²) in [7, 11) is 5.55. The SMILES string of the molecule is [B]=Cc1ccc(C)cc1CC(C)C. The molecule has 0 amide bonds. The van der Waals surface area contributed by atoms with Crippen LogP contribution < -0.4 is 0 Å². The predicted octanol–water partition coefficient (Wildman–Crippen LogP) is 2.51. The van der Waals surface area contributed by atoms with E-state index in [1.807, 2.05) is 0 Å². The third-order valence-electron chi connectivity index (χ3n) is 2.11. The van der Waals surface area contributed by atoms with Gasteiger partial charge in [0.1, 0.15) is 0 Å². The van der Waals surface area contributed by atoms with Gasteiger partial charge in [-0.3, -0.25) is 0 Å². The molecule has 1 aromatic rings. The molecule has 0 saturated heterocycles. The van der Waals surface area contributed by atoms with Gasteiger partial charge in [-0.05, 0) is 0 Å². The van der Waals surface area contributed by atoms with Crippen LogP contribution in [0.4, 0.5) is 0 Å². The molecule has 0 saturated carbocycles. The summed E-state index contributed by atoms with van der Waals surface area (Å²) in [5, 5.41) is 0. The van der Waals surface area contributed by atoms with E-state index in [2.05, 4.69) is 39.0 Å². The van der Waals surface area contributed by atoms with Gasteiger partial charge in [-0.2, -0.15) is 0 Å². The second-order valence-electron chi connectivity index (χ2n) is 3.97. The Kier molecular flexibility index (Phi) is 3.47. The third-order valence-corrected chi connectivity index (χ3v) is 2.11. The summed E-state index contributed by atoms with van der Waals surface area (Å²) >= 11 is 0. The molecule has 13 heavy (non-hydrogen) atoms. The predicted molar refractivity (Wildman–Crippen MR) is 60.6 cm³/mol. The van der Waals surface area contributed by atoms with Gasteiger partial charge in [0.2, 0.25) is 0 Å². The van der Waals surface area contributed by atoms with Crippen molar-refractivity contribution >= 4 is 13.5 Å². The summed E-state index contributed by atoms with van der Waals surface area (Å²) in [6.07, 6.45) is 1.10. The summed E-state index contributed by atoms with van der Waals surface area (Å²) in [4.78, 5) is 0. The van der Waals surface area contributed by atoms with Gasteiger partial charge in [-0.25, -0.2) is 0 Å². The van der Waals surface area contributed by atoms with Gasteiger partial charge in [0.05, 0.1) is 0 Å². The Hall–Kier alpha value is -0.845. The van der Waals surface area contributed by atoms with E-state index >= 15 is 0 Å². The molecule has 0 N–H and O–H groups in total. The second kappa shape index (κ2) is 4.41. The summed E-state index contributed by atoms with van der Waals surface area (Å²) in [5.74, 6) is 2.37. The first-order valence-corrected chi connectivity index (χ1v) is 4.78. The monoisotopic (exact) mass is 171 g/mol. The molecule has 0 nitrogen and oxygen atoms in total. The zero-order valence-electron chi connectivity index (χ0n) is 8.67. The van der Waals surface area contributed by atoms with Crippen LogP contribution in [0.5, 0.6) is 0 Å². The molecular formula is C12H16B. The van der Waals surface area contributed by atoms with E-state index in [-0.39, 0.29) is 0 Å². The Labute approximate surface area is 82.1 Å². The van der Waals surface area contributed by atoms with Crippen LogP contribution in [-0.4, -0.2) is 13.5 Å². The molecular weight excluding hydrogens is 155 g/mol. The minimum absolute atomic E-state index is 0.681. The number of rotatable bonds is 3. The molecule has 0 aliphatic heterocycles. The van der Waals surface area contributed by atoms with Crippen LogP contribution in [0.15, 0.2) is 18.2 Å². The Balaban J connectivity index is 3.01. The maximum absolute atomic E-state index is 5.55. The molecule has 1 radical (unpaired) electrons. The number of aryl methyl sites for hydroxylation is 1. The van der Waals surface area contributed by atoms with Gasteiger partial charge in [0.25, 0.3) is 0 Å². The quantitative estimate of drug-likeness (QED) is 0.613. The van der Waals surface area contributed by atoms with Crippen molar-refractivity contribution in [2.45, 2.75) is 27.2 Å². The molecule has 0 fully saturated rings. The van der Waals surface area contributed by atoms with Crippen LogP contribution in [0.25, 0.3) is 0 Å². The molecule has 67 valence electrons. The normalized spacial score (nSPS) is 10.4. The molecule has 0 heterocycles. The molecule has 0 bridgehead atoms. The fourth-order valence-electron chi connectivity index (χ4n) is 1.51. The van der Waals surface area contributed by atoms with Crippen LogP contribution in [0.1, 0.15) is 30.5 Å². The number of benzene rings is 1. The molecule has 0 spiro atoms. The van der Waals surface area contributed by atoms with Crippen LogP contribution >= 0.6 is 0 Å². The van der Waals surface area contributed by atoms with Crippen molar-refractivity contribution < 1.29 is 0 Å². The first-order valence-electron chi connectivity index (χ1n) is 4.78. The van der Waals surface area contributed by atoms with E-state index in [0.717, 1.165) is 6.42 Å². The molecule has 0 aliphatic rings. The topological polar surface area (TPSA) is 0 Å². The Morgan fingerprint density at radius 3 is 2.62 bits per heavy atom. The summed E-state index contributed by atoms with van der Waals surface area (Å²) in [6.45, 7) is 6.56. The van der Waals surface area contributed by atoms with E-state index in [9.17, 15) is 0 Å². The van der Waals surface area contributed by atoms with E-state index in [1.54, 1.807) is 5.97 Å². The zero-order chi connectivity index (χ0) is 9.84. The molecule has 0 aliphatic carbocycles. The summed E-state index contributed by atoms with van der Waals surface area (Å²) in [5.41, 5.74) is 3.83. The molecule has 0 aromatic heterocycles. The first-order chi connectivity index (χ1) is 6.13. The van der Waals surface area contributed by atoms with Crippen molar-refractivity contribution in [3.05, 3.63) is 34.9 Å². The van der Waals surface area contributed by atoms with Gasteiger partial charge in [-0.15, -0.1) is 0 Å². The van der Waals surface area contributed by atoms with Crippen LogP contribution in [0.2, 0.25) is 0 Å². The average Bonchev–Trinajstić information content (AvgIpc) is 2.03. The van der Waals surface area contributed by atoms with Crippen LogP contribution in [0, 0.1) is 12.8 Å². The average molecular weight is 171 g/mol. The van der Waals surface area contributed by atoms with Crippen molar-refractivity contribution in [3.63, 3.8) is 0 Å². The third kappa shape index (κ3) is 2.84. The van der Waals surface area contributed by atoms with Crippen molar-refractivity contribution in [2.75, 3.05) is 0 Å². The number of hydrogen-bond acceptors (Lipinski definition) is 0. The van der Waals surface area contributed by atoms with Crippen molar-refractivity contribution in [1.29, 1.82) is 0 Å². The zero-order valence-corrected chi connectivity index (χ0v) is 8.67. The minimum atomic E-state index is 0.681. The molecule has 0 atom stereocenters. The van der Waals surface area contributed by atoms with Gasteiger partial charge in [0.15, 0.2) is 0 Å². The molecule has 1 rings (SSSR count). The van der Waals surface area contributed by atoms with Gasteiger partial charge < -0.3 is 0 Å². The molecule has 1 heteroatoms. The molecule has 1 aromatic carbocycles. The number of hydrogen-bond donors (Lipinski definition) is 0. The van der Waals surface area contributed by atoms with Crippen molar-refractivity contribution in [3.8, 4) is 0 Å². The maximum atomic E-state index is 5.55. The van der Waals surface area contributed by atoms with Crippen molar-refractivity contribution in [2.24, 2.45) is 5.92 Å². The van der Waals surface area contributed by atoms with Crippen LogP contribution in [0.3, 0.4) is 0 Å². The Morgan fingerprint density at radius 2 is 2.08 bits per heavy atom. The van der Waals surface area contributed by atoms with E-state index in [1.165, 1.54) is 16.7 Å². The van der Waals surface area contributed by atoms with Gasteiger partial charge in [0, 0.05) is 0 Å². The van der Waals surface area contributed by atoms with E-state index < -0.39 is 0 Å². The van der Waals surface area contributed by atoms with E-state index in [4.69, 9.17) is 7.49 Å². The summed E-state index contributed by atoms with van der Waals surface area (Å²) < 4.78 is 0. The fraction of sp³-hybridized carbons (Fsp3) is 0.417. The standard InChI is InChI=1S/C12H16B/c1-9(2)6-12-7-10(3)4-5-11(12)8-13/h4-5,7-9H,6H2,1-3H3. The first kappa shape index (κ1) is 10.2. The molecule has 0 unspecified atom stereocenters. The Morgan fingerprint density at radius 1 is 1.38 bits per heavy atom. The second-order valence-corrected chi connectivity index (χ2v) is 3.97. The van der Waals surface area contributed by atoms with Gasteiger partial charge >= 0.3 is 81.5 Å². The fourth-order valence-corrected chi connectivity index (χ4v) is 1.51. The van der Waals surface area contributed by atoms with Crippen molar-refractivity contribution in [1.82, 2.24) is 0 Å². The Bertz CT molecular complexity index is 300. The van der Waals surface area contributed by atoms with Crippen LogP contribution in [-0.2, 0) is 6.42 Å². The van der Waals surface area contributed by atoms with E-state index in [0.29, 0.717) is 5.92 Å². The van der Waals surface area contributed by atoms with Gasteiger partial charge in [-0.1, -0.05) is 0 Å². The summed E-state index contributed by atoms with van der Waals surface area (Å²) in [6, 6.07) is 6.41.